The van der Waals surface area contributed by atoms with Crippen LogP contribution in [0.3, 0.4) is 0 Å². The number of methoxy groups -OCH3 is 1. The van der Waals surface area contributed by atoms with Gasteiger partial charge in [0.25, 0.3) is 0 Å². The average molecular weight is 228 g/mol. The second-order valence-corrected chi connectivity index (χ2v) is 4.83. The van der Waals surface area contributed by atoms with Gasteiger partial charge in [0.1, 0.15) is 6.79 Å². The molecule has 0 aromatic carbocycles. The zero-order valence-corrected chi connectivity index (χ0v) is 10.8. The summed E-state index contributed by atoms with van der Waals surface area (Å²) >= 11 is 0. The zero-order chi connectivity index (χ0) is 12.2. The summed E-state index contributed by atoms with van der Waals surface area (Å²) in [6.07, 6.45) is 1.88. The Hall–Kier alpha value is -0.355. The number of hydrogen-bond donors (Lipinski definition) is 0. The molecule has 5 heteroatoms. The Bertz CT molecular complexity index is 234. The lowest BCUT2D eigenvalue weighted by Crippen LogP contribution is -2.41. The van der Waals surface area contributed by atoms with Crippen LogP contribution in [0.5, 0.6) is 0 Å². The fourth-order valence-electron chi connectivity index (χ4n) is 1.33. The van der Waals surface area contributed by atoms with Gasteiger partial charge in [0.2, 0.25) is 0 Å². The monoisotopic (exact) mass is 228 g/mol. The van der Waals surface area contributed by atoms with E-state index in [2.05, 4.69) is 0 Å². The van der Waals surface area contributed by atoms with Gasteiger partial charge in [-0.25, -0.2) is 0 Å². The molecule has 1 heterocycles. The van der Waals surface area contributed by atoms with Crippen LogP contribution in [0.15, 0.2) is 12.1 Å². The van der Waals surface area contributed by atoms with Gasteiger partial charge < -0.3 is 18.8 Å². The first-order chi connectivity index (χ1) is 7.39. The van der Waals surface area contributed by atoms with Gasteiger partial charge in [0.15, 0.2) is 0 Å². The first kappa shape index (κ1) is 13.7. The molecular weight excluding hydrogens is 207 g/mol. The molecule has 0 radical (unpaired) electrons. The highest BCUT2D eigenvalue weighted by molar-refractivity contribution is 6.51. The van der Waals surface area contributed by atoms with Crippen molar-refractivity contribution in [2.75, 3.05) is 20.5 Å². The van der Waals surface area contributed by atoms with Crippen LogP contribution in [-0.2, 0) is 18.8 Å². The fraction of sp³-hybridized carbons (Fsp3) is 0.818. The standard InChI is InChI=1S/C11H21BO4/c1-10(2)11(3,4)16-12(15-10)7-6-8-14-9-13-5/h6-7H,8-9H2,1-5H3/b7-6+. The second kappa shape index (κ2) is 5.32. The van der Waals surface area contributed by atoms with Crippen molar-refractivity contribution in [2.45, 2.75) is 38.9 Å². The highest BCUT2D eigenvalue weighted by Gasteiger charge is 2.49. The van der Waals surface area contributed by atoms with Crippen molar-refractivity contribution in [3.63, 3.8) is 0 Å². The maximum absolute atomic E-state index is 5.77. The predicted molar refractivity (Wildman–Crippen MR) is 63.1 cm³/mol. The summed E-state index contributed by atoms with van der Waals surface area (Å²) in [5.74, 6) is 1.87. The van der Waals surface area contributed by atoms with E-state index < -0.39 is 0 Å². The molecule has 1 aliphatic heterocycles. The zero-order valence-electron chi connectivity index (χ0n) is 10.8. The Labute approximate surface area is 98.0 Å². The summed E-state index contributed by atoms with van der Waals surface area (Å²) in [6, 6.07) is 0. The normalized spacial score (nSPS) is 23.2. The molecule has 0 bridgehead atoms. The van der Waals surface area contributed by atoms with Gasteiger partial charge in [-0.05, 0) is 27.7 Å². The van der Waals surface area contributed by atoms with E-state index in [4.69, 9.17) is 18.8 Å². The molecular formula is C11H21BO4. The topological polar surface area (TPSA) is 36.9 Å². The average Bonchev–Trinajstić information content (AvgIpc) is 2.35. The van der Waals surface area contributed by atoms with Gasteiger partial charge in [-0.1, -0.05) is 12.1 Å². The molecule has 0 atom stereocenters. The van der Waals surface area contributed by atoms with Crippen molar-refractivity contribution >= 4 is 7.12 Å². The van der Waals surface area contributed by atoms with E-state index in [9.17, 15) is 0 Å². The lowest BCUT2D eigenvalue weighted by Gasteiger charge is -2.32. The van der Waals surface area contributed by atoms with Crippen LogP contribution in [0.1, 0.15) is 27.7 Å². The molecule has 0 aliphatic carbocycles. The lowest BCUT2D eigenvalue weighted by molar-refractivity contribution is -0.0186. The molecule has 1 aliphatic rings. The smallest absolute Gasteiger partial charge is 0.400 e. The number of ether oxygens (including phenoxy) is 2. The van der Waals surface area contributed by atoms with Crippen LogP contribution in [0.2, 0.25) is 0 Å². The molecule has 92 valence electrons. The van der Waals surface area contributed by atoms with E-state index in [0.717, 1.165) is 0 Å². The van der Waals surface area contributed by atoms with E-state index in [1.54, 1.807) is 7.11 Å². The van der Waals surface area contributed by atoms with Gasteiger partial charge >= 0.3 is 7.12 Å². The summed E-state index contributed by atoms with van der Waals surface area (Å²) in [6.45, 7) is 8.92. The molecule has 0 aromatic heterocycles. The molecule has 4 nitrogen and oxygen atoms in total. The first-order valence-electron chi connectivity index (χ1n) is 5.48. The van der Waals surface area contributed by atoms with Gasteiger partial charge in [0.05, 0.1) is 17.8 Å². The second-order valence-electron chi connectivity index (χ2n) is 4.83. The minimum atomic E-state index is -0.295. The molecule has 1 rings (SSSR count). The molecule has 1 fully saturated rings. The Morgan fingerprint density at radius 3 is 2.19 bits per heavy atom. The van der Waals surface area contributed by atoms with Crippen LogP contribution in [0.4, 0.5) is 0 Å². The van der Waals surface area contributed by atoms with Gasteiger partial charge in [-0.2, -0.15) is 0 Å². The summed E-state index contributed by atoms with van der Waals surface area (Å²) < 4.78 is 21.4. The Kier molecular flexibility index (Phi) is 4.56. The van der Waals surface area contributed by atoms with Crippen molar-refractivity contribution < 1.29 is 18.8 Å². The minimum absolute atomic E-state index is 0.282. The highest BCUT2D eigenvalue weighted by Crippen LogP contribution is 2.36. The molecule has 0 aromatic rings. The van der Waals surface area contributed by atoms with E-state index >= 15 is 0 Å². The molecule has 1 saturated heterocycles. The molecule has 0 N–H and O–H groups in total. The van der Waals surface area contributed by atoms with Crippen LogP contribution >= 0.6 is 0 Å². The van der Waals surface area contributed by atoms with Crippen molar-refractivity contribution in [1.29, 1.82) is 0 Å². The van der Waals surface area contributed by atoms with Crippen molar-refractivity contribution in [3.8, 4) is 0 Å². The van der Waals surface area contributed by atoms with E-state index in [1.807, 2.05) is 39.7 Å². The third-order valence-electron chi connectivity index (χ3n) is 2.98. The van der Waals surface area contributed by atoms with Crippen LogP contribution in [0.25, 0.3) is 0 Å². The van der Waals surface area contributed by atoms with Gasteiger partial charge in [0, 0.05) is 7.11 Å². The van der Waals surface area contributed by atoms with E-state index in [0.29, 0.717) is 13.4 Å². The highest BCUT2D eigenvalue weighted by atomic mass is 16.7. The lowest BCUT2D eigenvalue weighted by atomic mass is 9.90. The van der Waals surface area contributed by atoms with Crippen LogP contribution < -0.4 is 0 Å². The Balaban J connectivity index is 2.36. The summed E-state index contributed by atoms with van der Waals surface area (Å²) in [7, 11) is 1.30. The van der Waals surface area contributed by atoms with Crippen molar-refractivity contribution in [2.24, 2.45) is 0 Å². The maximum Gasteiger partial charge on any atom is 0.486 e. The third-order valence-corrected chi connectivity index (χ3v) is 2.98. The Morgan fingerprint density at radius 1 is 1.12 bits per heavy atom. The van der Waals surface area contributed by atoms with Gasteiger partial charge in [-0.3, -0.25) is 0 Å². The minimum Gasteiger partial charge on any atom is -0.400 e. The van der Waals surface area contributed by atoms with Crippen LogP contribution in [0, 0.1) is 0 Å². The van der Waals surface area contributed by atoms with Crippen molar-refractivity contribution in [1.82, 2.24) is 0 Å². The Morgan fingerprint density at radius 2 is 1.69 bits per heavy atom. The maximum atomic E-state index is 5.77. The molecule has 16 heavy (non-hydrogen) atoms. The molecule has 0 amide bonds. The van der Waals surface area contributed by atoms with Crippen LogP contribution in [-0.4, -0.2) is 38.8 Å². The van der Waals surface area contributed by atoms with E-state index in [1.165, 1.54) is 0 Å². The summed E-state index contributed by atoms with van der Waals surface area (Å²) in [4.78, 5) is 0. The summed E-state index contributed by atoms with van der Waals surface area (Å²) in [5.41, 5.74) is -0.565. The van der Waals surface area contributed by atoms with Crippen molar-refractivity contribution in [3.05, 3.63) is 12.1 Å². The quantitative estimate of drug-likeness (QED) is 0.408. The fourth-order valence-corrected chi connectivity index (χ4v) is 1.33. The molecule has 0 unspecified atom stereocenters. The molecule has 0 spiro atoms. The first-order valence-corrected chi connectivity index (χ1v) is 5.48. The number of hydrogen-bond acceptors (Lipinski definition) is 4. The van der Waals surface area contributed by atoms with Gasteiger partial charge in [-0.15, -0.1) is 0 Å². The third kappa shape index (κ3) is 3.32. The molecule has 0 saturated carbocycles. The predicted octanol–water partition coefficient (Wildman–Crippen LogP) is 1.79. The largest absolute Gasteiger partial charge is 0.486 e. The van der Waals surface area contributed by atoms with E-state index in [-0.39, 0.29) is 18.3 Å². The summed E-state index contributed by atoms with van der Waals surface area (Å²) in [5, 5.41) is 0. The SMILES string of the molecule is COCOC/C=C/B1OC(C)(C)C(C)(C)O1. The number of rotatable bonds is 5.